The first-order valence-corrected chi connectivity index (χ1v) is 10.5. The van der Waals surface area contributed by atoms with Crippen LogP contribution in [-0.2, 0) is 4.79 Å². The molecular formula is C23H25ClN4O2. The van der Waals surface area contributed by atoms with Gasteiger partial charge in [0.2, 0.25) is 5.91 Å². The number of halogens is 1. The predicted octanol–water partition coefficient (Wildman–Crippen LogP) is 4.63. The zero-order valence-electron chi connectivity index (χ0n) is 16.9. The van der Waals surface area contributed by atoms with Crippen molar-refractivity contribution in [2.45, 2.75) is 45.1 Å². The number of hydrogen-bond acceptors (Lipinski definition) is 4. The number of nitrogens with one attached hydrogen (secondary N) is 3. The van der Waals surface area contributed by atoms with E-state index in [2.05, 4.69) is 16.0 Å². The predicted molar refractivity (Wildman–Crippen MR) is 119 cm³/mol. The molecule has 30 heavy (non-hydrogen) atoms. The third-order valence-electron chi connectivity index (χ3n) is 5.24. The number of carbonyl (C=O) groups excluding carboxylic acids is 2. The number of nitriles is 1. The Kier molecular flexibility index (Phi) is 7.31. The minimum Gasteiger partial charge on any atom is -0.376 e. The topological polar surface area (TPSA) is 94.0 Å². The van der Waals surface area contributed by atoms with Crippen molar-refractivity contribution in [3.63, 3.8) is 0 Å². The van der Waals surface area contributed by atoms with E-state index in [0.29, 0.717) is 21.8 Å². The third-order valence-corrected chi connectivity index (χ3v) is 5.48. The Hall–Kier alpha value is -3.04. The average molecular weight is 425 g/mol. The van der Waals surface area contributed by atoms with Gasteiger partial charge < -0.3 is 16.0 Å². The molecule has 3 rings (SSSR count). The Morgan fingerprint density at radius 1 is 1.10 bits per heavy atom. The standard InChI is InChI=1S/C23H25ClN4O2/c1-15-11-16(23(30)27-19-5-3-2-4-6-19)8-10-20(15)26-14-22(29)28-21-12-18(24)9-7-17(21)13-25/h7-12,19,26H,2-6,14H2,1H3,(H,27,30)(H,28,29). The molecular weight excluding hydrogens is 400 g/mol. The maximum absolute atomic E-state index is 12.5. The minimum absolute atomic E-state index is 0.0197. The van der Waals surface area contributed by atoms with Crippen LogP contribution in [0.4, 0.5) is 11.4 Å². The monoisotopic (exact) mass is 424 g/mol. The molecule has 0 radical (unpaired) electrons. The highest BCUT2D eigenvalue weighted by Gasteiger charge is 2.17. The van der Waals surface area contributed by atoms with Gasteiger partial charge in [-0.25, -0.2) is 0 Å². The maximum Gasteiger partial charge on any atom is 0.251 e. The zero-order chi connectivity index (χ0) is 21.5. The van der Waals surface area contributed by atoms with Crippen molar-refractivity contribution in [1.82, 2.24) is 5.32 Å². The van der Waals surface area contributed by atoms with Crippen LogP contribution in [0.5, 0.6) is 0 Å². The number of carbonyl (C=O) groups is 2. The van der Waals surface area contributed by atoms with Gasteiger partial charge in [-0.2, -0.15) is 5.26 Å². The fourth-order valence-corrected chi connectivity index (χ4v) is 3.78. The van der Waals surface area contributed by atoms with E-state index in [1.807, 2.05) is 19.1 Å². The molecule has 0 aromatic heterocycles. The molecule has 2 aromatic rings. The lowest BCUT2D eigenvalue weighted by Gasteiger charge is -2.23. The Bertz CT molecular complexity index is 978. The largest absolute Gasteiger partial charge is 0.376 e. The SMILES string of the molecule is Cc1cc(C(=O)NC2CCCCC2)ccc1NCC(=O)Nc1cc(Cl)ccc1C#N. The van der Waals surface area contributed by atoms with Crippen molar-refractivity contribution < 1.29 is 9.59 Å². The molecule has 0 spiro atoms. The molecule has 1 aliphatic rings. The second kappa shape index (κ2) is 10.1. The zero-order valence-corrected chi connectivity index (χ0v) is 17.7. The van der Waals surface area contributed by atoms with Gasteiger partial charge in [-0.1, -0.05) is 30.9 Å². The van der Waals surface area contributed by atoms with E-state index < -0.39 is 0 Å². The number of hydrogen-bond donors (Lipinski definition) is 3. The molecule has 0 heterocycles. The first-order valence-electron chi connectivity index (χ1n) is 10.1. The quantitative estimate of drug-likeness (QED) is 0.629. The lowest BCUT2D eigenvalue weighted by atomic mass is 9.95. The van der Waals surface area contributed by atoms with Crippen LogP contribution in [0.3, 0.4) is 0 Å². The number of rotatable bonds is 6. The Balaban J connectivity index is 1.57. The molecule has 0 saturated heterocycles. The summed E-state index contributed by atoms with van der Waals surface area (Å²) in [6, 6.07) is 12.4. The molecule has 0 atom stereocenters. The summed E-state index contributed by atoms with van der Waals surface area (Å²) >= 11 is 5.94. The van der Waals surface area contributed by atoms with Crippen LogP contribution in [0.25, 0.3) is 0 Å². The van der Waals surface area contributed by atoms with Crippen LogP contribution in [-0.4, -0.2) is 24.4 Å². The first kappa shape index (κ1) is 21.7. The van der Waals surface area contributed by atoms with Crippen molar-refractivity contribution in [3.8, 4) is 6.07 Å². The smallest absolute Gasteiger partial charge is 0.251 e. The molecule has 0 aliphatic heterocycles. The summed E-state index contributed by atoms with van der Waals surface area (Å²) in [4.78, 5) is 24.8. The summed E-state index contributed by atoms with van der Waals surface area (Å²) in [5.41, 5.74) is 2.98. The van der Waals surface area contributed by atoms with Crippen LogP contribution in [0.2, 0.25) is 5.02 Å². The number of aryl methyl sites for hydroxylation is 1. The number of nitrogens with zero attached hydrogens (tertiary/aromatic N) is 1. The van der Waals surface area contributed by atoms with Crippen LogP contribution in [0, 0.1) is 18.3 Å². The van der Waals surface area contributed by atoms with Gasteiger partial charge in [-0.3, -0.25) is 9.59 Å². The average Bonchev–Trinajstić information content (AvgIpc) is 2.73. The van der Waals surface area contributed by atoms with Crippen LogP contribution >= 0.6 is 11.6 Å². The van der Waals surface area contributed by atoms with E-state index in [1.54, 1.807) is 30.3 Å². The summed E-state index contributed by atoms with van der Waals surface area (Å²) in [7, 11) is 0. The molecule has 1 saturated carbocycles. The first-order chi connectivity index (χ1) is 14.5. The second-order valence-electron chi connectivity index (χ2n) is 7.54. The summed E-state index contributed by atoms with van der Waals surface area (Å²) in [6.45, 7) is 1.91. The third kappa shape index (κ3) is 5.74. The lowest BCUT2D eigenvalue weighted by Crippen LogP contribution is -2.36. The fourth-order valence-electron chi connectivity index (χ4n) is 3.61. The van der Waals surface area contributed by atoms with Gasteiger partial charge in [-0.15, -0.1) is 0 Å². The molecule has 3 N–H and O–H groups in total. The fraction of sp³-hybridized carbons (Fsp3) is 0.348. The van der Waals surface area contributed by atoms with E-state index in [-0.39, 0.29) is 24.4 Å². The van der Waals surface area contributed by atoms with Crippen LogP contribution in [0.15, 0.2) is 36.4 Å². The van der Waals surface area contributed by atoms with E-state index in [4.69, 9.17) is 16.9 Å². The Morgan fingerprint density at radius 3 is 2.57 bits per heavy atom. The second-order valence-corrected chi connectivity index (χ2v) is 7.98. The highest BCUT2D eigenvalue weighted by molar-refractivity contribution is 6.31. The summed E-state index contributed by atoms with van der Waals surface area (Å²) in [5, 5.41) is 18.5. The highest BCUT2D eigenvalue weighted by atomic mass is 35.5. The summed E-state index contributed by atoms with van der Waals surface area (Å²) in [5.74, 6) is -0.355. The minimum atomic E-state index is -0.299. The number of benzene rings is 2. The molecule has 6 nitrogen and oxygen atoms in total. The van der Waals surface area contributed by atoms with Crippen molar-refractivity contribution in [1.29, 1.82) is 5.26 Å². The highest BCUT2D eigenvalue weighted by Crippen LogP contribution is 2.21. The van der Waals surface area contributed by atoms with Gasteiger partial charge >= 0.3 is 0 Å². The van der Waals surface area contributed by atoms with Crippen molar-refractivity contribution in [3.05, 3.63) is 58.1 Å². The molecule has 1 aliphatic carbocycles. The van der Waals surface area contributed by atoms with Gasteiger partial charge in [0.1, 0.15) is 6.07 Å². The van der Waals surface area contributed by atoms with E-state index in [0.717, 1.165) is 24.1 Å². The summed E-state index contributed by atoms with van der Waals surface area (Å²) < 4.78 is 0. The van der Waals surface area contributed by atoms with Gasteiger partial charge in [0.15, 0.2) is 0 Å². The van der Waals surface area contributed by atoms with Crippen LogP contribution in [0.1, 0.15) is 53.6 Å². The Labute approximate surface area is 181 Å². The molecule has 0 bridgehead atoms. The van der Waals surface area contributed by atoms with Gasteiger partial charge in [0.25, 0.3) is 5.91 Å². The molecule has 2 amide bonds. The maximum atomic E-state index is 12.5. The van der Waals surface area contributed by atoms with Crippen LogP contribution < -0.4 is 16.0 Å². The molecule has 156 valence electrons. The van der Waals surface area contributed by atoms with Gasteiger partial charge in [0.05, 0.1) is 17.8 Å². The number of amides is 2. The van der Waals surface area contributed by atoms with Gasteiger partial charge in [-0.05, 0) is 61.7 Å². The molecule has 2 aromatic carbocycles. The lowest BCUT2D eigenvalue weighted by molar-refractivity contribution is -0.114. The van der Waals surface area contributed by atoms with E-state index in [1.165, 1.54) is 19.3 Å². The Morgan fingerprint density at radius 2 is 1.87 bits per heavy atom. The molecule has 7 heteroatoms. The number of anilines is 2. The van der Waals surface area contributed by atoms with Crippen molar-refractivity contribution in [2.24, 2.45) is 0 Å². The summed E-state index contributed by atoms with van der Waals surface area (Å²) in [6.07, 6.45) is 5.66. The van der Waals surface area contributed by atoms with Crippen molar-refractivity contribution >= 4 is 34.8 Å². The molecule has 0 unspecified atom stereocenters. The van der Waals surface area contributed by atoms with E-state index >= 15 is 0 Å². The normalized spacial score (nSPS) is 13.9. The molecule has 1 fully saturated rings. The van der Waals surface area contributed by atoms with Crippen molar-refractivity contribution in [2.75, 3.05) is 17.2 Å². The van der Waals surface area contributed by atoms with Gasteiger partial charge in [0, 0.05) is 22.3 Å². The van der Waals surface area contributed by atoms with E-state index in [9.17, 15) is 9.59 Å².